The van der Waals surface area contributed by atoms with E-state index in [1.54, 1.807) is 6.07 Å². The van der Waals surface area contributed by atoms with Crippen LogP contribution in [0.15, 0.2) is 36.4 Å². The Morgan fingerprint density at radius 1 is 0.848 bits per heavy atom. The lowest BCUT2D eigenvalue weighted by molar-refractivity contribution is -0.147. The maximum absolute atomic E-state index is 13.2. The molecule has 3 heterocycles. The molecule has 2 aromatic carbocycles. The van der Waals surface area contributed by atoms with Crippen LogP contribution in [-0.4, -0.2) is 46.3 Å². The van der Waals surface area contributed by atoms with Crippen molar-refractivity contribution in [2.75, 3.05) is 36.5 Å². The Morgan fingerprint density at radius 2 is 1.64 bits per heavy atom. The predicted molar refractivity (Wildman–Crippen MR) is 122 cm³/mol. The third kappa shape index (κ3) is 4.25. The molecule has 1 aromatic heterocycles. The van der Waals surface area contributed by atoms with Gasteiger partial charge in [0.25, 0.3) is 0 Å². The molecule has 33 heavy (non-hydrogen) atoms. The average molecular weight is 497 g/mol. The van der Waals surface area contributed by atoms with Gasteiger partial charge in [0.1, 0.15) is 0 Å². The number of anilines is 3. The van der Waals surface area contributed by atoms with Crippen molar-refractivity contribution in [3.63, 3.8) is 0 Å². The number of hydrogen-bond acceptors (Lipinski definition) is 5. The standard InChI is InChI=1S/C22H21Cl2F3N6/c1-30-6-8-32(16-2-4-17(23)18(24)11-16)19-5-3-15(10-14(19)12-30)31-7-9-33-20(13-31)28-29-21(33)22(25,26)27/h2-5,10-11H,6-9,12-13H2,1H3. The molecule has 0 spiro atoms. The molecule has 0 unspecified atom stereocenters. The zero-order valence-corrected chi connectivity index (χ0v) is 19.3. The van der Waals surface area contributed by atoms with Crippen molar-refractivity contribution in [3.05, 3.63) is 63.7 Å². The number of aromatic nitrogens is 3. The normalized spacial score (nSPS) is 17.0. The van der Waals surface area contributed by atoms with E-state index in [2.05, 4.69) is 39.2 Å². The molecule has 0 fully saturated rings. The first-order chi connectivity index (χ1) is 15.7. The van der Waals surface area contributed by atoms with E-state index in [9.17, 15) is 13.2 Å². The van der Waals surface area contributed by atoms with Gasteiger partial charge in [0.15, 0.2) is 5.82 Å². The fourth-order valence-corrected chi connectivity index (χ4v) is 4.72. The minimum atomic E-state index is -4.50. The first kappa shape index (κ1) is 22.3. The van der Waals surface area contributed by atoms with Crippen LogP contribution in [0.1, 0.15) is 17.2 Å². The Morgan fingerprint density at radius 3 is 2.39 bits per heavy atom. The summed E-state index contributed by atoms with van der Waals surface area (Å²) >= 11 is 12.4. The zero-order valence-electron chi connectivity index (χ0n) is 17.8. The van der Waals surface area contributed by atoms with Crippen molar-refractivity contribution in [2.24, 2.45) is 0 Å². The number of nitrogens with zero attached hydrogens (tertiary/aromatic N) is 6. The second-order valence-corrected chi connectivity index (χ2v) is 9.13. The van der Waals surface area contributed by atoms with Crippen LogP contribution in [0.5, 0.6) is 0 Å². The van der Waals surface area contributed by atoms with Gasteiger partial charge in [-0.2, -0.15) is 13.2 Å². The molecule has 0 aliphatic carbocycles. The highest BCUT2D eigenvalue weighted by Gasteiger charge is 2.39. The molecule has 0 radical (unpaired) electrons. The van der Waals surface area contributed by atoms with Crippen molar-refractivity contribution in [1.29, 1.82) is 0 Å². The molecule has 0 amide bonds. The quantitative estimate of drug-likeness (QED) is 0.487. The van der Waals surface area contributed by atoms with Crippen molar-refractivity contribution in [3.8, 4) is 0 Å². The molecule has 6 nitrogen and oxygen atoms in total. The minimum Gasteiger partial charge on any atom is -0.362 e. The van der Waals surface area contributed by atoms with Gasteiger partial charge in [0.05, 0.1) is 16.6 Å². The first-order valence-corrected chi connectivity index (χ1v) is 11.2. The lowest BCUT2D eigenvalue weighted by Gasteiger charge is -2.31. The third-order valence-electron chi connectivity index (χ3n) is 6.09. The number of fused-ring (bicyclic) bond motifs is 2. The van der Waals surface area contributed by atoms with E-state index in [4.69, 9.17) is 23.2 Å². The second-order valence-electron chi connectivity index (χ2n) is 8.31. The number of likely N-dealkylation sites (N-methyl/N-ethyl adjacent to an activating group) is 1. The highest BCUT2D eigenvalue weighted by molar-refractivity contribution is 6.42. The molecule has 0 N–H and O–H groups in total. The molecule has 0 atom stereocenters. The Labute approximate surface area is 199 Å². The minimum absolute atomic E-state index is 0.184. The van der Waals surface area contributed by atoms with Gasteiger partial charge in [-0.15, -0.1) is 10.2 Å². The highest BCUT2D eigenvalue weighted by Crippen LogP contribution is 2.37. The van der Waals surface area contributed by atoms with Gasteiger partial charge >= 0.3 is 6.18 Å². The van der Waals surface area contributed by atoms with Gasteiger partial charge < -0.3 is 19.3 Å². The van der Waals surface area contributed by atoms with Crippen LogP contribution < -0.4 is 9.80 Å². The Bertz CT molecular complexity index is 1200. The lowest BCUT2D eigenvalue weighted by atomic mass is 10.1. The molecule has 5 rings (SSSR count). The summed E-state index contributed by atoms with van der Waals surface area (Å²) in [6, 6.07) is 11.8. The Kier molecular flexibility index (Phi) is 5.66. The van der Waals surface area contributed by atoms with Crippen LogP contribution in [0, 0.1) is 0 Å². The van der Waals surface area contributed by atoms with Gasteiger partial charge in [-0.3, -0.25) is 0 Å². The number of benzene rings is 2. The van der Waals surface area contributed by atoms with Crippen LogP contribution in [-0.2, 0) is 25.8 Å². The second kappa shape index (κ2) is 8.38. The van der Waals surface area contributed by atoms with Crippen LogP contribution in [0.3, 0.4) is 0 Å². The topological polar surface area (TPSA) is 40.4 Å². The van der Waals surface area contributed by atoms with Gasteiger partial charge in [-0.1, -0.05) is 23.2 Å². The average Bonchev–Trinajstić information content (AvgIpc) is 3.13. The summed E-state index contributed by atoms with van der Waals surface area (Å²) in [7, 11) is 2.07. The first-order valence-electron chi connectivity index (χ1n) is 10.5. The number of hydrogen-bond donors (Lipinski definition) is 0. The van der Waals surface area contributed by atoms with E-state index in [1.165, 1.54) is 4.57 Å². The van der Waals surface area contributed by atoms with E-state index in [0.717, 1.165) is 42.3 Å². The molecule has 2 aliphatic rings. The fraction of sp³-hybridized carbons (Fsp3) is 0.364. The maximum atomic E-state index is 13.2. The molecular formula is C22H21Cl2F3N6. The van der Waals surface area contributed by atoms with E-state index in [0.29, 0.717) is 22.4 Å². The van der Waals surface area contributed by atoms with E-state index >= 15 is 0 Å². The summed E-state index contributed by atoms with van der Waals surface area (Å²) in [4.78, 5) is 6.49. The predicted octanol–water partition coefficient (Wildman–Crippen LogP) is 5.21. The van der Waals surface area contributed by atoms with Crippen molar-refractivity contribution >= 4 is 40.3 Å². The highest BCUT2D eigenvalue weighted by atomic mass is 35.5. The van der Waals surface area contributed by atoms with Crippen LogP contribution in [0.25, 0.3) is 0 Å². The summed E-state index contributed by atoms with van der Waals surface area (Å²) in [5.74, 6) is -0.615. The Hall–Kier alpha value is -2.49. The van der Waals surface area contributed by atoms with Crippen molar-refractivity contribution in [2.45, 2.75) is 25.8 Å². The Balaban J connectivity index is 1.46. The smallest absolute Gasteiger partial charge is 0.362 e. The summed E-state index contributed by atoms with van der Waals surface area (Å²) in [5, 5.41) is 8.18. The molecule has 0 bridgehead atoms. The summed E-state index contributed by atoms with van der Waals surface area (Å²) < 4.78 is 40.6. The summed E-state index contributed by atoms with van der Waals surface area (Å²) in [6.45, 7) is 3.30. The third-order valence-corrected chi connectivity index (χ3v) is 6.83. The van der Waals surface area contributed by atoms with Gasteiger partial charge in [-0.25, -0.2) is 0 Å². The van der Waals surface area contributed by atoms with Gasteiger partial charge in [-0.05, 0) is 49.0 Å². The molecule has 0 saturated heterocycles. The SMILES string of the molecule is CN1CCN(c2ccc(Cl)c(Cl)c2)c2ccc(N3CCn4c(nnc4C(F)(F)F)C3)cc2C1. The van der Waals surface area contributed by atoms with Crippen LogP contribution in [0.4, 0.5) is 30.2 Å². The summed E-state index contributed by atoms with van der Waals surface area (Å²) in [6.07, 6.45) is -4.50. The van der Waals surface area contributed by atoms with Crippen molar-refractivity contribution < 1.29 is 13.2 Å². The monoisotopic (exact) mass is 496 g/mol. The van der Waals surface area contributed by atoms with E-state index < -0.39 is 12.0 Å². The molecular weight excluding hydrogens is 476 g/mol. The van der Waals surface area contributed by atoms with E-state index in [-0.39, 0.29) is 13.1 Å². The summed E-state index contributed by atoms with van der Waals surface area (Å²) in [5.41, 5.74) is 4.10. The molecule has 0 saturated carbocycles. The number of rotatable bonds is 2. The zero-order chi connectivity index (χ0) is 23.3. The fourth-order valence-electron chi connectivity index (χ4n) is 4.43. The largest absolute Gasteiger partial charge is 0.451 e. The van der Waals surface area contributed by atoms with Crippen LogP contribution in [0.2, 0.25) is 10.0 Å². The van der Waals surface area contributed by atoms with Gasteiger partial charge in [0, 0.05) is 49.8 Å². The number of alkyl halides is 3. The molecule has 174 valence electrons. The maximum Gasteiger partial charge on any atom is 0.451 e. The molecule has 3 aromatic rings. The van der Waals surface area contributed by atoms with Gasteiger partial charge in [0.2, 0.25) is 5.82 Å². The molecule has 11 heteroatoms. The van der Waals surface area contributed by atoms with Crippen molar-refractivity contribution in [1.82, 2.24) is 19.7 Å². The molecule has 2 aliphatic heterocycles. The number of halogens is 5. The lowest BCUT2D eigenvalue weighted by Crippen LogP contribution is -2.35. The van der Waals surface area contributed by atoms with E-state index in [1.807, 2.05) is 23.1 Å². The van der Waals surface area contributed by atoms with Crippen LogP contribution >= 0.6 is 23.2 Å².